The smallest absolute Gasteiger partial charge is 0.333 e. The monoisotopic (exact) mass is 647 g/mol. The van der Waals surface area contributed by atoms with Crippen molar-refractivity contribution in [2.24, 2.45) is 0 Å². The van der Waals surface area contributed by atoms with E-state index in [1.807, 2.05) is 0 Å². The van der Waals surface area contributed by atoms with Gasteiger partial charge in [-0.3, -0.25) is 0 Å². The lowest BCUT2D eigenvalue weighted by Gasteiger charge is -2.11. The Morgan fingerprint density at radius 2 is 0.783 bits per heavy atom. The van der Waals surface area contributed by atoms with Gasteiger partial charge >= 0.3 is 11.9 Å². The molecule has 0 aliphatic rings. The number of carboxylic acid groups (broad SMARTS) is 1. The van der Waals surface area contributed by atoms with E-state index >= 15 is 0 Å². The minimum Gasteiger partial charge on any atom is -0.478 e. The summed E-state index contributed by atoms with van der Waals surface area (Å²) in [4.78, 5) is 24.3. The highest BCUT2D eigenvalue weighted by atomic mass is 16.5. The lowest BCUT2D eigenvalue weighted by molar-refractivity contribution is -0.139. The minimum atomic E-state index is -0.937. The maximum Gasteiger partial charge on any atom is 0.333 e. The van der Waals surface area contributed by atoms with Crippen molar-refractivity contribution in [1.82, 2.24) is 0 Å². The lowest BCUT2D eigenvalue weighted by Crippen LogP contribution is -2.10. The average molecular weight is 647 g/mol. The second-order valence-corrected chi connectivity index (χ2v) is 14.1. The van der Waals surface area contributed by atoms with Crippen molar-refractivity contribution in [2.75, 3.05) is 6.61 Å². The average Bonchev–Trinajstić information content (AvgIpc) is 3.05. The SMILES string of the molecule is CCCCCCCCCCCCCCCCCCC(C=C(C)C(=O)O)=C(C)C(=O)OCCCCCCCCCCCCCCCC. The van der Waals surface area contributed by atoms with Crippen molar-refractivity contribution < 1.29 is 19.4 Å². The van der Waals surface area contributed by atoms with E-state index in [-0.39, 0.29) is 11.5 Å². The van der Waals surface area contributed by atoms with Gasteiger partial charge in [-0.25, -0.2) is 9.59 Å². The summed E-state index contributed by atoms with van der Waals surface area (Å²) in [5, 5.41) is 9.41. The van der Waals surface area contributed by atoms with Crippen molar-refractivity contribution in [3.8, 4) is 0 Å². The Bertz CT molecular complexity index is 766. The fourth-order valence-electron chi connectivity index (χ4n) is 6.26. The van der Waals surface area contributed by atoms with Gasteiger partial charge in [0.1, 0.15) is 0 Å². The van der Waals surface area contributed by atoms with Gasteiger partial charge < -0.3 is 9.84 Å². The van der Waals surface area contributed by atoms with Crippen LogP contribution in [0.4, 0.5) is 0 Å². The molecule has 0 atom stereocenters. The molecule has 0 saturated carbocycles. The number of esters is 1. The summed E-state index contributed by atoms with van der Waals surface area (Å²) in [5.41, 5.74) is 1.65. The van der Waals surface area contributed by atoms with E-state index < -0.39 is 5.97 Å². The van der Waals surface area contributed by atoms with Crippen LogP contribution in [0.3, 0.4) is 0 Å². The third-order valence-electron chi connectivity index (χ3n) is 9.55. The number of hydrogen-bond donors (Lipinski definition) is 1. The quantitative estimate of drug-likeness (QED) is 0.0322. The van der Waals surface area contributed by atoms with Gasteiger partial charge in [0.2, 0.25) is 0 Å². The summed E-state index contributed by atoms with van der Waals surface area (Å²) in [6, 6.07) is 0. The van der Waals surface area contributed by atoms with Crippen LogP contribution in [0, 0.1) is 0 Å². The zero-order valence-electron chi connectivity index (χ0n) is 31.4. The summed E-state index contributed by atoms with van der Waals surface area (Å²) in [6.07, 6.45) is 41.8. The van der Waals surface area contributed by atoms with Crippen LogP contribution in [0.5, 0.6) is 0 Å². The molecule has 1 N–H and O–H groups in total. The molecule has 0 heterocycles. The number of unbranched alkanes of at least 4 members (excludes halogenated alkanes) is 28. The van der Waals surface area contributed by atoms with Crippen LogP contribution in [0.2, 0.25) is 0 Å². The second-order valence-electron chi connectivity index (χ2n) is 14.1. The van der Waals surface area contributed by atoms with Gasteiger partial charge in [-0.1, -0.05) is 194 Å². The van der Waals surface area contributed by atoms with Gasteiger partial charge in [0.25, 0.3) is 0 Å². The first-order chi connectivity index (χ1) is 22.4. The molecule has 0 aliphatic heterocycles. The molecule has 270 valence electrons. The Morgan fingerprint density at radius 3 is 1.11 bits per heavy atom. The standard InChI is InChI=1S/C42H78O4/c1-5-7-9-11-13-15-17-19-21-22-23-25-27-29-31-33-35-40(37-38(3)41(43)44)39(4)42(45)46-36-34-32-30-28-26-24-20-18-16-14-12-10-8-6-2/h37H,5-36H2,1-4H3,(H,43,44). The van der Waals surface area contributed by atoms with Crippen molar-refractivity contribution in [1.29, 1.82) is 0 Å². The molecule has 0 aromatic carbocycles. The van der Waals surface area contributed by atoms with Gasteiger partial charge in [0.05, 0.1) is 6.61 Å². The molecule has 46 heavy (non-hydrogen) atoms. The number of allylic oxidation sites excluding steroid dienone is 2. The summed E-state index contributed by atoms with van der Waals surface area (Å²) >= 11 is 0. The zero-order valence-corrected chi connectivity index (χ0v) is 31.4. The highest BCUT2D eigenvalue weighted by molar-refractivity contribution is 5.91. The van der Waals surface area contributed by atoms with Crippen LogP contribution in [-0.4, -0.2) is 23.7 Å². The van der Waals surface area contributed by atoms with E-state index in [0.717, 1.165) is 37.7 Å². The number of carbonyl (C=O) groups excluding carboxylic acids is 1. The summed E-state index contributed by atoms with van der Waals surface area (Å²) in [6.45, 7) is 8.39. The Hall–Kier alpha value is -1.58. The first-order valence-electron chi connectivity index (χ1n) is 20.2. The van der Waals surface area contributed by atoms with Crippen molar-refractivity contribution in [3.63, 3.8) is 0 Å². The van der Waals surface area contributed by atoms with E-state index in [0.29, 0.717) is 12.2 Å². The van der Waals surface area contributed by atoms with E-state index in [1.54, 1.807) is 19.9 Å². The Balaban J connectivity index is 4.06. The zero-order chi connectivity index (χ0) is 33.9. The predicted molar refractivity (Wildman–Crippen MR) is 200 cm³/mol. The number of ether oxygens (including phenoxy) is 1. The third kappa shape index (κ3) is 29.8. The number of hydrogen-bond acceptors (Lipinski definition) is 3. The Kier molecular flexibility index (Phi) is 33.6. The fraction of sp³-hybridized carbons (Fsp3) is 0.857. The van der Waals surface area contributed by atoms with Crippen LogP contribution in [-0.2, 0) is 14.3 Å². The molecule has 4 heteroatoms. The van der Waals surface area contributed by atoms with E-state index in [4.69, 9.17) is 4.74 Å². The number of carbonyl (C=O) groups is 2. The van der Waals surface area contributed by atoms with Crippen molar-refractivity contribution in [2.45, 2.75) is 227 Å². The summed E-state index contributed by atoms with van der Waals surface area (Å²) in [5.74, 6) is -1.23. The fourth-order valence-corrected chi connectivity index (χ4v) is 6.26. The number of carboxylic acids is 1. The molecule has 0 bridgehead atoms. The highest BCUT2D eigenvalue weighted by Crippen LogP contribution is 2.20. The van der Waals surface area contributed by atoms with Crippen LogP contribution in [0.15, 0.2) is 22.8 Å². The topological polar surface area (TPSA) is 63.6 Å². The van der Waals surface area contributed by atoms with Crippen LogP contribution >= 0.6 is 0 Å². The first kappa shape index (κ1) is 44.4. The van der Waals surface area contributed by atoms with E-state index in [2.05, 4.69) is 13.8 Å². The molecule has 0 amide bonds. The van der Waals surface area contributed by atoms with Gasteiger partial charge in [-0.15, -0.1) is 0 Å². The minimum absolute atomic E-state index is 0.269. The molecule has 0 radical (unpaired) electrons. The molecule has 4 nitrogen and oxygen atoms in total. The molecule has 0 spiro atoms. The van der Waals surface area contributed by atoms with Gasteiger partial charge in [0, 0.05) is 11.1 Å². The van der Waals surface area contributed by atoms with Crippen LogP contribution < -0.4 is 0 Å². The van der Waals surface area contributed by atoms with Crippen molar-refractivity contribution >= 4 is 11.9 Å². The van der Waals surface area contributed by atoms with Gasteiger partial charge in [-0.2, -0.15) is 0 Å². The summed E-state index contributed by atoms with van der Waals surface area (Å²) < 4.78 is 5.59. The van der Waals surface area contributed by atoms with Crippen molar-refractivity contribution in [3.05, 3.63) is 22.8 Å². The third-order valence-corrected chi connectivity index (χ3v) is 9.55. The molecular weight excluding hydrogens is 568 g/mol. The summed E-state index contributed by atoms with van der Waals surface area (Å²) in [7, 11) is 0. The second kappa shape index (κ2) is 34.7. The maximum atomic E-state index is 12.8. The normalized spacial score (nSPS) is 12.4. The number of rotatable bonds is 35. The molecule has 0 unspecified atom stereocenters. The molecule has 0 fully saturated rings. The predicted octanol–water partition coefficient (Wildman–Crippen LogP) is 14.0. The number of aliphatic carboxylic acids is 1. The molecule has 0 aromatic heterocycles. The van der Waals surface area contributed by atoms with E-state index in [1.165, 1.54) is 167 Å². The molecule has 0 aliphatic carbocycles. The van der Waals surface area contributed by atoms with Crippen LogP contribution in [0.1, 0.15) is 227 Å². The first-order valence-corrected chi connectivity index (χ1v) is 20.2. The van der Waals surface area contributed by atoms with Gasteiger partial charge in [0.15, 0.2) is 0 Å². The highest BCUT2D eigenvalue weighted by Gasteiger charge is 2.13. The maximum absolute atomic E-state index is 12.8. The molecule has 0 rings (SSSR count). The Labute approximate surface area is 287 Å². The van der Waals surface area contributed by atoms with E-state index in [9.17, 15) is 14.7 Å². The Morgan fingerprint density at radius 1 is 0.478 bits per heavy atom. The largest absolute Gasteiger partial charge is 0.478 e. The molecule has 0 saturated heterocycles. The van der Waals surface area contributed by atoms with Crippen LogP contribution in [0.25, 0.3) is 0 Å². The molecule has 0 aromatic rings. The van der Waals surface area contributed by atoms with Gasteiger partial charge in [-0.05, 0) is 44.8 Å². The lowest BCUT2D eigenvalue weighted by atomic mass is 9.98. The molecular formula is C42H78O4.